The van der Waals surface area contributed by atoms with Crippen molar-refractivity contribution in [3.63, 3.8) is 0 Å². The maximum absolute atomic E-state index is 2.46. The average molecular weight is 755 g/mol. The van der Waals surface area contributed by atoms with E-state index in [-0.39, 0.29) is 5.41 Å². The van der Waals surface area contributed by atoms with Gasteiger partial charge in [0.2, 0.25) is 0 Å². The van der Waals surface area contributed by atoms with Crippen LogP contribution in [0.25, 0.3) is 72.0 Å². The third-order valence-corrected chi connectivity index (χ3v) is 12.4. The lowest BCUT2D eigenvalue weighted by molar-refractivity contribution is 0.660. The molecule has 0 amide bonds. The standard InChI is InChI=1S/C57H42N2/c1-57(2)52-29-14-11-27-48(52)49-34-32-43(37-53(49)57)58(42-23-17-22-41(36-42)46-25-10-9-24-45(46)39-18-5-3-6-19-39)44-33-35-51-50-28-13-16-31-55(50)59(56(51)38-44)54-30-15-12-26-47(54)40-20-7-4-8-21-40/h3-38H,1-2H3. The highest BCUT2D eigenvalue weighted by molar-refractivity contribution is 6.11. The molecule has 2 nitrogen and oxygen atoms in total. The van der Waals surface area contributed by atoms with Gasteiger partial charge in [-0.1, -0.05) is 184 Å². The van der Waals surface area contributed by atoms with Crippen molar-refractivity contribution >= 4 is 38.9 Å². The first kappa shape index (κ1) is 34.8. The number of para-hydroxylation sites is 2. The van der Waals surface area contributed by atoms with E-state index in [4.69, 9.17) is 0 Å². The van der Waals surface area contributed by atoms with Crippen molar-refractivity contribution in [3.05, 3.63) is 230 Å². The van der Waals surface area contributed by atoms with Crippen LogP contribution < -0.4 is 4.90 Å². The van der Waals surface area contributed by atoms with E-state index in [0.29, 0.717) is 0 Å². The molecule has 0 aliphatic heterocycles. The molecule has 0 spiro atoms. The van der Waals surface area contributed by atoms with Crippen molar-refractivity contribution in [2.24, 2.45) is 0 Å². The van der Waals surface area contributed by atoms with Gasteiger partial charge in [-0.05, 0) is 98.6 Å². The van der Waals surface area contributed by atoms with Gasteiger partial charge in [0.15, 0.2) is 0 Å². The number of rotatable bonds is 7. The minimum absolute atomic E-state index is 0.137. The molecule has 10 aromatic rings. The Hall–Kier alpha value is -7.42. The van der Waals surface area contributed by atoms with Crippen molar-refractivity contribution in [2.75, 3.05) is 4.90 Å². The quantitative estimate of drug-likeness (QED) is 0.157. The molecular formula is C57H42N2. The van der Waals surface area contributed by atoms with Crippen LogP contribution in [0.3, 0.4) is 0 Å². The molecule has 0 unspecified atom stereocenters. The summed E-state index contributed by atoms with van der Waals surface area (Å²) >= 11 is 0. The summed E-state index contributed by atoms with van der Waals surface area (Å²) in [6, 6.07) is 79.9. The van der Waals surface area contributed by atoms with E-state index >= 15 is 0 Å². The Labute approximate surface area is 345 Å². The number of benzene rings is 9. The highest BCUT2D eigenvalue weighted by Gasteiger charge is 2.36. The second-order valence-corrected chi connectivity index (χ2v) is 16.1. The molecule has 0 N–H and O–H groups in total. The zero-order chi connectivity index (χ0) is 39.5. The van der Waals surface area contributed by atoms with Crippen molar-refractivity contribution < 1.29 is 0 Å². The van der Waals surface area contributed by atoms with Gasteiger partial charge in [0.1, 0.15) is 0 Å². The summed E-state index contributed by atoms with van der Waals surface area (Å²) in [4.78, 5) is 2.46. The fourth-order valence-corrected chi connectivity index (χ4v) is 9.58. The fraction of sp³-hybridized carbons (Fsp3) is 0.0526. The van der Waals surface area contributed by atoms with Crippen LogP contribution in [0.5, 0.6) is 0 Å². The maximum Gasteiger partial charge on any atom is 0.0562 e. The second kappa shape index (κ2) is 13.9. The third kappa shape index (κ3) is 5.71. The second-order valence-electron chi connectivity index (χ2n) is 16.1. The predicted molar refractivity (Wildman–Crippen MR) is 249 cm³/mol. The average Bonchev–Trinajstić information content (AvgIpc) is 3.74. The number of anilines is 3. The van der Waals surface area contributed by atoms with Gasteiger partial charge in [-0.3, -0.25) is 0 Å². The van der Waals surface area contributed by atoms with E-state index in [9.17, 15) is 0 Å². The molecule has 1 aliphatic rings. The summed E-state index contributed by atoms with van der Waals surface area (Å²) in [5.41, 5.74) is 19.3. The lowest BCUT2D eigenvalue weighted by Gasteiger charge is -2.29. The normalized spacial score (nSPS) is 12.7. The predicted octanol–water partition coefficient (Wildman–Crippen LogP) is 15.6. The summed E-state index contributed by atoms with van der Waals surface area (Å²) in [5.74, 6) is 0. The first-order chi connectivity index (χ1) is 29.0. The lowest BCUT2D eigenvalue weighted by atomic mass is 9.82. The molecule has 11 rings (SSSR count). The molecule has 1 aliphatic carbocycles. The minimum atomic E-state index is -0.137. The Morgan fingerprint density at radius 2 is 0.864 bits per heavy atom. The number of aromatic nitrogens is 1. The van der Waals surface area contributed by atoms with Crippen molar-refractivity contribution in [1.82, 2.24) is 4.57 Å². The molecule has 0 atom stereocenters. The summed E-state index contributed by atoms with van der Waals surface area (Å²) in [7, 11) is 0. The number of nitrogens with zero attached hydrogens (tertiary/aromatic N) is 2. The smallest absolute Gasteiger partial charge is 0.0562 e. The van der Waals surface area contributed by atoms with Crippen molar-refractivity contribution in [3.8, 4) is 50.2 Å². The third-order valence-electron chi connectivity index (χ3n) is 12.4. The van der Waals surface area contributed by atoms with Crippen LogP contribution in [0, 0.1) is 0 Å². The molecule has 9 aromatic carbocycles. The van der Waals surface area contributed by atoms with Gasteiger partial charge in [0.25, 0.3) is 0 Å². The Bertz CT molecular complexity index is 3190. The molecule has 59 heavy (non-hydrogen) atoms. The highest BCUT2D eigenvalue weighted by Crippen LogP contribution is 2.51. The van der Waals surface area contributed by atoms with Gasteiger partial charge in [-0.25, -0.2) is 0 Å². The van der Waals surface area contributed by atoms with Crippen LogP contribution in [0.15, 0.2) is 218 Å². The Morgan fingerprint density at radius 3 is 1.64 bits per heavy atom. The van der Waals surface area contributed by atoms with E-state index in [2.05, 4.69) is 242 Å². The summed E-state index contributed by atoms with van der Waals surface area (Å²) in [6.45, 7) is 4.73. The van der Waals surface area contributed by atoms with E-state index in [0.717, 1.165) is 28.3 Å². The summed E-state index contributed by atoms with van der Waals surface area (Å²) in [6.07, 6.45) is 0. The van der Waals surface area contributed by atoms with E-state index in [1.165, 1.54) is 71.9 Å². The molecule has 280 valence electrons. The van der Waals surface area contributed by atoms with Crippen molar-refractivity contribution in [2.45, 2.75) is 19.3 Å². The largest absolute Gasteiger partial charge is 0.310 e. The minimum Gasteiger partial charge on any atom is -0.310 e. The molecule has 1 aromatic heterocycles. The van der Waals surface area contributed by atoms with Crippen molar-refractivity contribution in [1.29, 1.82) is 0 Å². The van der Waals surface area contributed by atoms with E-state index in [1.54, 1.807) is 0 Å². The van der Waals surface area contributed by atoms with Gasteiger partial charge in [-0.15, -0.1) is 0 Å². The fourth-order valence-electron chi connectivity index (χ4n) is 9.58. The zero-order valence-corrected chi connectivity index (χ0v) is 33.2. The number of fused-ring (bicyclic) bond motifs is 6. The molecule has 2 heteroatoms. The summed E-state index contributed by atoms with van der Waals surface area (Å²) < 4.78 is 2.46. The van der Waals surface area contributed by atoms with Crippen LogP contribution in [0.4, 0.5) is 17.1 Å². The lowest BCUT2D eigenvalue weighted by Crippen LogP contribution is -2.16. The molecule has 0 bridgehead atoms. The van der Waals surface area contributed by atoms with Crippen LogP contribution in [0.1, 0.15) is 25.0 Å². The Kier molecular flexibility index (Phi) is 8.20. The topological polar surface area (TPSA) is 8.17 Å². The Morgan fingerprint density at radius 1 is 0.339 bits per heavy atom. The maximum atomic E-state index is 2.46. The zero-order valence-electron chi connectivity index (χ0n) is 33.2. The summed E-state index contributed by atoms with van der Waals surface area (Å²) in [5, 5.41) is 2.46. The van der Waals surface area contributed by atoms with Gasteiger partial charge in [0.05, 0.1) is 16.7 Å². The van der Waals surface area contributed by atoms with Crippen LogP contribution >= 0.6 is 0 Å². The van der Waals surface area contributed by atoms with Crippen LogP contribution in [-0.4, -0.2) is 4.57 Å². The SMILES string of the molecule is CC1(C)c2ccccc2-c2ccc(N(c3cccc(-c4ccccc4-c4ccccc4)c3)c3ccc4c5ccccc5n(-c5ccccc5-c5ccccc5)c4c3)cc21. The molecule has 1 heterocycles. The molecule has 0 saturated heterocycles. The van der Waals surface area contributed by atoms with Gasteiger partial charge in [0, 0.05) is 38.8 Å². The van der Waals surface area contributed by atoms with Crippen LogP contribution in [0.2, 0.25) is 0 Å². The van der Waals surface area contributed by atoms with E-state index in [1.807, 2.05) is 0 Å². The van der Waals surface area contributed by atoms with Gasteiger partial charge >= 0.3 is 0 Å². The highest BCUT2D eigenvalue weighted by atomic mass is 15.1. The monoisotopic (exact) mass is 754 g/mol. The molecule has 0 saturated carbocycles. The number of hydrogen-bond donors (Lipinski definition) is 0. The first-order valence-electron chi connectivity index (χ1n) is 20.5. The first-order valence-corrected chi connectivity index (χ1v) is 20.5. The van der Waals surface area contributed by atoms with Gasteiger partial charge in [-0.2, -0.15) is 0 Å². The molecule has 0 radical (unpaired) electrons. The van der Waals surface area contributed by atoms with Gasteiger partial charge < -0.3 is 9.47 Å². The van der Waals surface area contributed by atoms with E-state index < -0.39 is 0 Å². The molecule has 0 fully saturated rings. The molecular weight excluding hydrogens is 713 g/mol. The Balaban J connectivity index is 1.15. The number of hydrogen-bond acceptors (Lipinski definition) is 1. The van der Waals surface area contributed by atoms with Crippen LogP contribution in [-0.2, 0) is 5.41 Å².